The molecule has 0 bridgehead atoms. The fourth-order valence-corrected chi connectivity index (χ4v) is 2.18. The number of ether oxygens (including phenoxy) is 1. The quantitative estimate of drug-likeness (QED) is 0.865. The van der Waals surface area contributed by atoms with Crippen LogP contribution < -0.4 is 4.74 Å². The summed E-state index contributed by atoms with van der Waals surface area (Å²) < 4.78 is 36.2. The van der Waals surface area contributed by atoms with E-state index >= 15 is 0 Å². The van der Waals surface area contributed by atoms with Gasteiger partial charge in [-0.25, -0.2) is 0 Å². The number of methoxy groups -OCH3 is 1. The largest absolute Gasteiger partial charge is 0.496 e. The fraction of sp³-hybridized carbons (Fsp3) is 0.0769. The third kappa shape index (κ3) is 2.52. The molecule has 0 aliphatic rings. The Kier molecular flexibility index (Phi) is 3.36. The molecule has 0 spiro atoms. The number of benzene rings is 2. The van der Waals surface area contributed by atoms with Crippen LogP contribution in [-0.4, -0.2) is 20.1 Å². The third-order valence-electron chi connectivity index (χ3n) is 2.56. The molecule has 18 heavy (non-hydrogen) atoms. The minimum atomic E-state index is -4.21. The van der Waals surface area contributed by atoms with Crippen molar-refractivity contribution in [3.8, 4) is 16.9 Å². The Morgan fingerprint density at radius 2 is 1.72 bits per heavy atom. The monoisotopic (exact) mass is 264 g/mol. The molecule has 0 aliphatic carbocycles. The SMILES string of the molecule is COc1cc(S(=O)(=O)O)ccc1-c1ccccc1. The number of hydrogen-bond donors (Lipinski definition) is 1. The summed E-state index contributed by atoms with van der Waals surface area (Å²) in [5, 5.41) is 0. The smallest absolute Gasteiger partial charge is 0.294 e. The molecule has 0 aliphatic heterocycles. The van der Waals surface area contributed by atoms with E-state index in [9.17, 15) is 8.42 Å². The van der Waals surface area contributed by atoms with Crippen LogP contribution in [0.25, 0.3) is 11.1 Å². The van der Waals surface area contributed by atoms with Crippen molar-refractivity contribution in [1.82, 2.24) is 0 Å². The van der Waals surface area contributed by atoms with Gasteiger partial charge in [0.15, 0.2) is 0 Å². The van der Waals surface area contributed by atoms with Crippen molar-refractivity contribution in [2.75, 3.05) is 7.11 Å². The van der Waals surface area contributed by atoms with Gasteiger partial charge in [0.1, 0.15) is 5.75 Å². The molecular weight excluding hydrogens is 252 g/mol. The normalized spacial score (nSPS) is 11.2. The summed E-state index contributed by atoms with van der Waals surface area (Å²) >= 11 is 0. The van der Waals surface area contributed by atoms with Gasteiger partial charge in [0.25, 0.3) is 10.1 Å². The Morgan fingerprint density at radius 1 is 1.06 bits per heavy atom. The van der Waals surface area contributed by atoms with E-state index in [0.717, 1.165) is 11.1 Å². The van der Waals surface area contributed by atoms with Gasteiger partial charge >= 0.3 is 0 Å². The molecule has 0 unspecified atom stereocenters. The zero-order chi connectivity index (χ0) is 13.2. The van der Waals surface area contributed by atoms with Crippen molar-refractivity contribution in [3.05, 3.63) is 48.5 Å². The van der Waals surface area contributed by atoms with Gasteiger partial charge in [-0.05, 0) is 17.7 Å². The maximum atomic E-state index is 11.0. The first-order valence-corrected chi connectivity index (χ1v) is 6.67. The molecule has 4 nitrogen and oxygen atoms in total. The zero-order valence-electron chi connectivity index (χ0n) is 9.70. The lowest BCUT2D eigenvalue weighted by Crippen LogP contribution is -1.99. The molecule has 5 heteroatoms. The molecule has 0 amide bonds. The Labute approximate surface area is 106 Å². The number of rotatable bonds is 3. The van der Waals surface area contributed by atoms with Crippen molar-refractivity contribution in [2.24, 2.45) is 0 Å². The summed E-state index contributed by atoms with van der Waals surface area (Å²) in [6, 6.07) is 13.7. The summed E-state index contributed by atoms with van der Waals surface area (Å²) in [4.78, 5) is -0.181. The van der Waals surface area contributed by atoms with Crippen LogP contribution in [0.4, 0.5) is 0 Å². The molecule has 2 aromatic rings. The van der Waals surface area contributed by atoms with Gasteiger partial charge in [-0.15, -0.1) is 0 Å². The highest BCUT2D eigenvalue weighted by Gasteiger charge is 2.13. The van der Waals surface area contributed by atoms with E-state index in [4.69, 9.17) is 9.29 Å². The second-order valence-corrected chi connectivity index (χ2v) is 5.12. The molecule has 0 heterocycles. The highest BCUT2D eigenvalue weighted by atomic mass is 32.2. The van der Waals surface area contributed by atoms with Gasteiger partial charge in [0, 0.05) is 11.6 Å². The summed E-state index contributed by atoms with van der Waals surface area (Å²) in [5.41, 5.74) is 1.68. The molecule has 2 aromatic carbocycles. The lowest BCUT2D eigenvalue weighted by atomic mass is 10.1. The van der Waals surface area contributed by atoms with Crippen molar-refractivity contribution in [3.63, 3.8) is 0 Å². The van der Waals surface area contributed by atoms with Crippen LogP contribution in [0.15, 0.2) is 53.4 Å². The standard InChI is InChI=1S/C13H12O4S/c1-17-13-9-11(18(14,15)16)7-8-12(13)10-5-3-2-4-6-10/h2-9H,1H3,(H,14,15,16). The van der Waals surface area contributed by atoms with E-state index in [1.54, 1.807) is 6.07 Å². The molecule has 2 rings (SSSR count). The van der Waals surface area contributed by atoms with Gasteiger partial charge in [0.05, 0.1) is 12.0 Å². The van der Waals surface area contributed by atoms with Crippen LogP contribution in [-0.2, 0) is 10.1 Å². The Bertz CT molecular complexity index is 648. The summed E-state index contributed by atoms with van der Waals surface area (Å²) in [5.74, 6) is 0.399. The second-order valence-electron chi connectivity index (χ2n) is 3.70. The second kappa shape index (κ2) is 4.80. The molecule has 0 saturated heterocycles. The summed E-state index contributed by atoms with van der Waals surface area (Å²) in [7, 11) is -2.76. The minimum Gasteiger partial charge on any atom is -0.496 e. The van der Waals surface area contributed by atoms with Crippen molar-refractivity contribution < 1.29 is 17.7 Å². The molecule has 0 saturated carbocycles. The third-order valence-corrected chi connectivity index (χ3v) is 3.41. The first kappa shape index (κ1) is 12.6. The van der Waals surface area contributed by atoms with Gasteiger partial charge < -0.3 is 4.74 Å². The molecule has 0 fully saturated rings. The average Bonchev–Trinajstić information content (AvgIpc) is 2.38. The topological polar surface area (TPSA) is 63.6 Å². The molecule has 94 valence electrons. The van der Waals surface area contributed by atoms with Crippen LogP contribution in [0, 0.1) is 0 Å². The lowest BCUT2D eigenvalue weighted by Gasteiger charge is -2.09. The van der Waals surface area contributed by atoms with Crippen LogP contribution in [0.2, 0.25) is 0 Å². The Morgan fingerprint density at radius 3 is 2.28 bits per heavy atom. The molecule has 0 radical (unpaired) electrons. The van der Waals surface area contributed by atoms with Crippen LogP contribution in [0.5, 0.6) is 5.75 Å². The highest BCUT2D eigenvalue weighted by molar-refractivity contribution is 7.85. The van der Waals surface area contributed by atoms with E-state index in [2.05, 4.69) is 0 Å². The maximum Gasteiger partial charge on any atom is 0.294 e. The van der Waals surface area contributed by atoms with E-state index in [1.807, 2.05) is 30.3 Å². The average molecular weight is 264 g/mol. The zero-order valence-corrected chi connectivity index (χ0v) is 10.5. The summed E-state index contributed by atoms with van der Waals surface area (Å²) in [6.07, 6.45) is 0. The molecule has 0 atom stereocenters. The molecule has 1 N–H and O–H groups in total. The van der Waals surface area contributed by atoms with Crippen molar-refractivity contribution in [2.45, 2.75) is 4.90 Å². The van der Waals surface area contributed by atoms with Gasteiger partial charge in [-0.3, -0.25) is 4.55 Å². The van der Waals surface area contributed by atoms with E-state index in [0.29, 0.717) is 5.75 Å². The van der Waals surface area contributed by atoms with Crippen molar-refractivity contribution >= 4 is 10.1 Å². The van der Waals surface area contributed by atoms with Crippen LogP contribution in [0.3, 0.4) is 0 Å². The highest BCUT2D eigenvalue weighted by Crippen LogP contribution is 2.31. The van der Waals surface area contributed by atoms with E-state index in [1.165, 1.54) is 19.2 Å². The fourth-order valence-electron chi connectivity index (χ4n) is 1.69. The first-order valence-electron chi connectivity index (χ1n) is 5.23. The molecular formula is C13H12O4S. The molecule has 0 aromatic heterocycles. The predicted octanol–water partition coefficient (Wildman–Crippen LogP) is 2.61. The minimum absolute atomic E-state index is 0.181. The van der Waals surface area contributed by atoms with Gasteiger partial charge in [0.2, 0.25) is 0 Å². The van der Waals surface area contributed by atoms with Crippen LogP contribution in [0.1, 0.15) is 0 Å². The van der Waals surface area contributed by atoms with Crippen LogP contribution >= 0.6 is 0 Å². The van der Waals surface area contributed by atoms with Gasteiger partial charge in [-0.1, -0.05) is 30.3 Å². The Balaban J connectivity index is 2.58. The summed E-state index contributed by atoms with van der Waals surface area (Å²) in [6.45, 7) is 0. The van der Waals surface area contributed by atoms with E-state index in [-0.39, 0.29) is 4.90 Å². The van der Waals surface area contributed by atoms with Gasteiger partial charge in [-0.2, -0.15) is 8.42 Å². The maximum absolute atomic E-state index is 11.0. The number of hydrogen-bond acceptors (Lipinski definition) is 3. The van der Waals surface area contributed by atoms with E-state index < -0.39 is 10.1 Å². The Hall–Kier alpha value is -1.85. The van der Waals surface area contributed by atoms with Crippen molar-refractivity contribution in [1.29, 1.82) is 0 Å². The lowest BCUT2D eigenvalue weighted by molar-refractivity contribution is 0.414. The predicted molar refractivity (Wildman–Crippen MR) is 68.2 cm³/mol. The first-order chi connectivity index (χ1) is 8.52.